The van der Waals surface area contributed by atoms with E-state index >= 15 is 0 Å². The average Bonchev–Trinajstić information content (AvgIpc) is 1.42. The van der Waals surface area contributed by atoms with Crippen LogP contribution in [0.5, 0.6) is 0 Å². The molecule has 10 amide bonds. The van der Waals surface area contributed by atoms with Crippen LogP contribution in [-0.4, -0.2) is 296 Å². The van der Waals surface area contributed by atoms with Gasteiger partial charge in [0.05, 0.1) is 49.3 Å². The number of aliphatic hydroxyl groups is 6. The molecule has 0 radical (unpaired) electrons. The van der Waals surface area contributed by atoms with Gasteiger partial charge in [0, 0.05) is 52.7 Å². The first-order chi connectivity index (χ1) is 51.3. The summed E-state index contributed by atoms with van der Waals surface area (Å²) < 4.78 is 40.1. The molecule has 6 rings (SSSR count). The molecule has 109 heavy (non-hydrogen) atoms. The van der Waals surface area contributed by atoms with E-state index in [0.717, 1.165) is 17.1 Å². The van der Waals surface area contributed by atoms with Crippen LogP contribution in [0.25, 0.3) is 0 Å². The fourth-order valence-electron chi connectivity index (χ4n) is 13.7. The maximum absolute atomic E-state index is 15.0. The van der Waals surface area contributed by atoms with Gasteiger partial charge < -0.3 is 110 Å². The number of amides is 10. The van der Waals surface area contributed by atoms with Crippen LogP contribution in [0.2, 0.25) is 0 Å². The van der Waals surface area contributed by atoms with Gasteiger partial charge in [-0.25, -0.2) is 14.4 Å². The molecular weight excluding hydrogens is 1430 g/mol. The molecule has 4 aliphatic heterocycles. The summed E-state index contributed by atoms with van der Waals surface area (Å²) in [6.07, 6.45) is -20.3. The third-order valence-electron chi connectivity index (χ3n) is 20.1. The third kappa shape index (κ3) is 22.5. The van der Waals surface area contributed by atoms with Gasteiger partial charge in [-0.3, -0.25) is 53.0 Å². The minimum Gasteiger partial charge on any atom is -0.479 e. The van der Waals surface area contributed by atoms with Gasteiger partial charge in [-0.1, -0.05) is 111 Å². The molecule has 22 atom stereocenters. The molecule has 13 N–H and O–H groups in total. The van der Waals surface area contributed by atoms with Gasteiger partial charge in [0.15, 0.2) is 24.8 Å². The fraction of sp³-hybridized carbons (Fsp3) is 0.644. The zero-order chi connectivity index (χ0) is 81.3. The Morgan fingerprint density at radius 2 is 1.20 bits per heavy atom. The number of imide groups is 1. The summed E-state index contributed by atoms with van der Waals surface area (Å²) >= 11 is 0. The topological polar surface area (TPSA) is 504 Å². The number of carbonyl (C=O) groups excluding carboxylic acids is 10. The molecule has 2 aromatic rings. The summed E-state index contributed by atoms with van der Waals surface area (Å²) in [5.74, 6) is -12.7. The summed E-state index contributed by atoms with van der Waals surface area (Å²) in [5.41, 5.74) is 0.962. The lowest BCUT2D eigenvalue weighted by Gasteiger charge is -2.41. The Morgan fingerprint density at radius 3 is 1.73 bits per heavy atom. The smallest absolute Gasteiger partial charge is 0.410 e. The molecule has 4 heterocycles. The normalized spacial score (nSPS) is 25.2. The maximum Gasteiger partial charge on any atom is 0.410 e. The van der Waals surface area contributed by atoms with Crippen molar-refractivity contribution in [3.05, 3.63) is 77.9 Å². The van der Waals surface area contributed by atoms with Crippen LogP contribution in [0.15, 0.2) is 66.7 Å². The van der Waals surface area contributed by atoms with Crippen molar-refractivity contribution in [2.45, 2.75) is 224 Å². The van der Waals surface area contributed by atoms with Crippen LogP contribution in [0.4, 0.5) is 10.5 Å². The Kier molecular flexibility index (Phi) is 33.0. The number of carboxylic acids is 2. The van der Waals surface area contributed by atoms with Gasteiger partial charge in [-0.15, -0.1) is 0 Å². The van der Waals surface area contributed by atoms with Crippen LogP contribution in [0.3, 0.4) is 0 Å². The number of rotatable bonds is 37. The first-order valence-electron chi connectivity index (χ1n) is 36.1. The number of aliphatic carboxylic acids is 2. The van der Waals surface area contributed by atoms with E-state index in [1.165, 1.54) is 50.4 Å². The van der Waals surface area contributed by atoms with Crippen LogP contribution in [-0.2, 0) is 92.5 Å². The highest BCUT2D eigenvalue weighted by Crippen LogP contribution is 2.34. The SMILES string of the molecule is CC[C@H](C)[C@@H]([C@@H](CC(=O)N1CCC[C@H]1[C@H](OC)[C@@H](C)C(=O)N[C@H](C)[C@@H](O[C@@H]1O[C@H](C(=O)O)[C@@H](O)[C@H](O)[C@H]1O)c1ccccc1)OC)N(C)C(=O)[C@@H](NC(=O)[C@H](C(C)C)N(C)C(=O)OCc1ccc(NC(=O)[C@H](CO[C@@H]2O[C@H](C(=O)O)[C@@H](O)[C@H](O)[C@H]2O)NC(=O)[C@@H](NC(=O)CN2C(=O)C=CC2=O)C(C)C)cc1)C(C)C. The lowest BCUT2D eigenvalue weighted by atomic mass is 9.89. The summed E-state index contributed by atoms with van der Waals surface area (Å²) in [5, 5.41) is 95.5. The monoisotopic (exact) mass is 1540 g/mol. The standard InChI is InChI=1S/C73H107N9O27/c1-15-37(8)53(45(103-13)30-49(86)81-29-19-22-44(81)60(104-14)38(9)64(93)74-39(10)61(41-20-17-16-18-21-41)107-72-59(92)55(88)57(90)63(109-72)70(100)101)79(11)68(97)51(35(4)5)78-67(96)52(36(6)7)80(12)73(102)106-32-40-23-25-42(26-24-40)75-65(94)43(33-105-71-58(91)54(87)56(89)62(108-71)69(98)99)76-66(95)50(34(2)3)77-46(83)31-82-47(84)27-28-48(82)85/h16-18,20-21,23-28,34-39,43-45,50-63,71-72,87-92H,15,19,22,29-33H2,1-14H3,(H,74,93)(H,75,94)(H,76,95)(H,77,83)(H,78,96)(H,98,99)(H,100,101)/t37-,38+,39+,43-,44-,45+,50-,51-,52-,53-,54-,55-,56-,57-,58+,59+,60+,61+,62-,63-,71+,72+/m0/s1. The molecule has 0 unspecified atom stereocenters. The van der Waals surface area contributed by atoms with Crippen molar-refractivity contribution >= 4 is 76.9 Å². The number of aliphatic hydroxyl groups excluding tert-OH is 6. The Morgan fingerprint density at radius 1 is 0.633 bits per heavy atom. The Balaban J connectivity index is 1.09. The molecule has 0 aliphatic carbocycles. The first kappa shape index (κ1) is 89.2. The van der Waals surface area contributed by atoms with E-state index in [9.17, 15) is 98.4 Å². The highest BCUT2D eigenvalue weighted by molar-refractivity contribution is 6.14. The van der Waals surface area contributed by atoms with Crippen molar-refractivity contribution in [2.75, 3.05) is 53.3 Å². The van der Waals surface area contributed by atoms with Crippen molar-refractivity contribution < 1.29 is 132 Å². The fourth-order valence-corrected chi connectivity index (χ4v) is 13.7. The van der Waals surface area contributed by atoms with Crippen LogP contribution in [0, 0.1) is 29.6 Å². The minimum atomic E-state index is -2.09. The molecule has 0 spiro atoms. The van der Waals surface area contributed by atoms with Crippen molar-refractivity contribution in [3.63, 3.8) is 0 Å². The molecule has 36 nitrogen and oxygen atoms in total. The number of carboxylic acid groups (broad SMARTS) is 2. The maximum atomic E-state index is 15.0. The minimum absolute atomic E-state index is 0.0953. The Labute approximate surface area is 631 Å². The number of methoxy groups -OCH3 is 2. The Hall–Kier alpha value is -8.66. The molecule has 3 saturated heterocycles. The number of carbonyl (C=O) groups is 12. The molecule has 4 aliphatic rings. The quantitative estimate of drug-likeness (QED) is 0.0357. The molecule has 36 heteroatoms. The number of likely N-dealkylation sites (N-methyl/N-ethyl adjacent to an activating group) is 2. The van der Waals surface area contributed by atoms with E-state index in [1.54, 1.807) is 97.7 Å². The number of nitrogens with zero attached hydrogens (tertiary/aromatic N) is 4. The second-order valence-electron chi connectivity index (χ2n) is 28.9. The highest BCUT2D eigenvalue weighted by Gasteiger charge is 2.51. The van der Waals surface area contributed by atoms with Gasteiger partial charge in [0.2, 0.25) is 41.4 Å². The predicted octanol–water partition coefficient (Wildman–Crippen LogP) is -1.11. The summed E-state index contributed by atoms with van der Waals surface area (Å²) in [7, 11) is 5.77. The predicted molar refractivity (Wildman–Crippen MR) is 382 cm³/mol. The van der Waals surface area contributed by atoms with E-state index in [2.05, 4.69) is 26.6 Å². The largest absolute Gasteiger partial charge is 0.479 e. The van der Waals surface area contributed by atoms with Crippen molar-refractivity contribution in [1.29, 1.82) is 0 Å². The van der Waals surface area contributed by atoms with E-state index in [4.69, 9.17) is 33.2 Å². The zero-order valence-electron chi connectivity index (χ0n) is 63.6. The first-order valence-corrected chi connectivity index (χ1v) is 36.1. The zero-order valence-corrected chi connectivity index (χ0v) is 63.6. The molecule has 0 bridgehead atoms. The number of ether oxygens (including phenoxy) is 7. The lowest BCUT2D eigenvalue weighted by Crippen LogP contribution is -2.61. The van der Waals surface area contributed by atoms with Crippen molar-refractivity contribution in [1.82, 2.24) is 40.9 Å². The van der Waals surface area contributed by atoms with E-state index in [1.807, 2.05) is 13.8 Å². The second kappa shape index (κ2) is 40.3. The number of hydrogen-bond acceptors (Lipinski definition) is 25. The van der Waals surface area contributed by atoms with Crippen LogP contribution in [0.1, 0.15) is 112 Å². The van der Waals surface area contributed by atoms with Gasteiger partial charge in [0.1, 0.15) is 80.0 Å². The number of benzene rings is 2. The molecule has 606 valence electrons. The molecule has 2 aromatic carbocycles. The molecule has 0 saturated carbocycles. The van der Waals surface area contributed by atoms with Crippen LogP contribution < -0.4 is 26.6 Å². The number of hydrogen-bond donors (Lipinski definition) is 13. The lowest BCUT2D eigenvalue weighted by molar-refractivity contribution is -0.307. The number of likely N-dealkylation sites (tertiary alicyclic amines) is 1. The molecular formula is C73H107N9O27. The van der Waals surface area contributed by atoms with Gasteiger partial charge in [-0.05, 0) is 66.7 Å². The van der Waals surface area contributed by atoms with Gasteiger partial charge in [0.25, 0.3) is 11.8 Å². The average molecular weight is 1540 g/mol. The molecule has 0 aromatic heterocycles. The Bertz CT molecular complexity index is 3500. The van der Waals surface area contributed by atoms with Gasteiger partial charge in [-0.2, -0.15) is 0 Å². The third-order valence-corrected chi connectivity index (χ3v) is 20.1. The second-order valence-corrected chi connectivity index (χ2v) is 28.9. The van der Waals surface area contributed by atoms with Crippen LogP contribution >= 0.6 is 0 Å². The van der Waals surface area contributed by atoms with Crippen molar-refractivity contribution in [2.24, 2.45) is 29.6 Å². The van der Waals surface area contributed by atoms with E-state index in [0.29, 0.717) is 41.8 Å². The van der Waals surface area contributed by atoms with Crippen molar-refractivity contribution in [3.8, 4) is 0 Å². The van der Waals surface area contributed by atoms with Gasteiger partial charge >= 0.3 is 18.0 Å². The molecule has 3 fully saturated rings. The number of anilines is 1. The summed E-state index contributed by atoms with van der Waals surface area (Å²) in [4.78, 5) is 166. The summed E-state index contributed by atoms with van der Waals surface area (Å²) in [6.45, 7) is 15.3. The van der Waals surface area contributed by atoms with E-state index < -0.39 is 224 Å². The van der Waals surface area contributed by atoms with E-state index in [-0.39, 0.29) is 30.5 Å². The summed E-state index contributed by atoms with van der Waals surface area (Å²) in [6, 6.07) is 6.46. The number of nitrogens with one attached hydrogen (secondary N) is 5. The highest BCUT2D eigenvalue weighted by atomic mass is 16.7.